The molecular formula is C32H21O4P. The Balaban J connectivity index is 1.72. The van der Waals surface area contributed by atoms with Gasteiger partial charge in [0.05, 0.1) is 0 Å². The van der Waals surface area contributed by atoms with E-state index in [1.54, 1.807) is 0 Å². The van der Waals surface area contributed by atoms with E-state index < -0.39 is 7.82 Å². The molecule has 6 aromatic rings. The van der Waals surface area contributed by atoms with Gasteiger partial charge >= 0.3 is 7.82 Å². The average Bonchev–Trinajstić information content (AvgIpc) is 3.06. The number of phosphoric acid groups is 1. The predicted octanol–water partition coefficient (Wildman–Crippen LogP) is 8.87. The summed E-state index contributed by atoms with van der Waals surface area (Å²) in [5.74, 6) is 0.676. The lowest BCUT2D eigenvalue weighted by Crippen LogP contribution is -2.00. The molecule has 6 aromatic carbocycles. The van der Waals surface area contributed by atoms with Crippen LogP contribution >= 0.6 is 7.82 Å². The Bertz CT molecular complexity index is 1730. The Morgan fingerprint density at radius 1 is 0.514 bits per heavy atom. The van der Waals surface area contributed by atoms with Crippen LogP contribution in [0, 0.1) is 0 Å². The Labute approximate surface area is 214 Å². The van der Waals surface area contributed by atoms with Crippen LogP contribution in [-0.4, -0.2) is 4.89 Å². The maximum Gasteiger partial charge on any atom is 0.584 e. The van der Waals surface area contributed by atoms with Gasteiger partial charge in [-0.1, -0.05) is 109 Å². The molecule has 0 aliphatic carbocycles. The molecule has 1 heterocycles. The van der Waals surface area contributed by atoms with Gasteiger partial charge in [-0.05, 0) is 44.8 Å². The predicted molar refractivity (Wildman–Crippen MR) is 149 cm³/mol. The molecule has 0 bridgehead atoms. The first-order chi connectivity index (χ1) is 18.1. The van der Waals surface area contributed by atoms with E-state index in [1.807, 2.05) is 109 Å². The number of fused-ring (bicyclic) bond motifs is 7. The van der Waals surface area contributed by atoms with Crippen molar-refractivity contribution in [2.75, 3.05) is 0 Å². The van der Waals surface area contributed by atoms with Crippen molar-refractivity contribution in [1.29, 1.82) is 0 Å². The largest absolute Gasteiger partial charge is 0.584 e. The molecular weight excluding hydrogens is 479 g/mol. The fourth-order valence-electron chi connectivity index (χ4n) is 5.26. The van der Waals surface area contributed by atoms with E-state index in [4.69, 9.17) is 9.05 Å². The van der Waals surface area contributed by atoms with E-state index in [0.717, 1.165) is 54.9 Å². The van der Waals surface area contributed by atoms with Gasteiger partial charge in [-0.25, -0.2) is 4.57 Å². The normalized spacial score (nSPS) is 13.8. The summed E-state index contributed by atoms with van der Waals surface area (Å²) in [7, 11) is -4.55. The van der Waals surface area contributed by atoms with Crippen LogP contribution in [0.25, 0.3) is 54.9 Å². The molecule has 1 aliphatic heterocycles. The van der Waals surface area contributed by atoms with E-state index in [0.29, 0.717) is 11.5 Å². The molecule has 0 radical (unpaired) electrons. The number of rotatable bonds is 2. The quantitative estimate of drug-likeness (QED) is 0.241. The van der Waals surface area contributed by atoms with Crippen molar-refractivity contribution >= 4 is 29.4 Å². The summed E-state index contributed by atoms with van der Waals surface area (Å²) in [6.07, 6.45) is 0. The van der Waals surface area contributed by atoms with Crippen LogP contribution in [0.1, 0.15) is 0 Å². The average molecular weight is 500 g/mol. The first-order valence-electron chi connectivity index (χ1n) is 12.0. The Kier molecular flexibility index (Phi) is 4.93. The topological polar surface area (TPSA) is 55.8 Å². The second-order valence-electron chi connectivity index (χ2n) is 9.08. The van der Waals surface area contributed by atoms with Gasteiger partial charge in [0.2, 0.25) is 0 Å². The lowest BCUT2D eigenvalue weighted by Gasteiger charge is -2.18. The number of hydrogen-bond donors (Lipinski definition) is 1. The molecule has 0 saturated heterocycles. The lowest BCUT2D eigenvalue weighted by atomic mass is 9.86. The number of phosphoric ester groups is 1. The van der Waals surface area contributed by atoms with E-state index in [1.165, 1.54) is 0 Å². The van der Waals surface area contributed by atoms with Crippen LogP contribution in [0.15, 0.2) is 121 Å². The molecule has 1 aliphatic rings. The molecule has 7 rings (SSSR count). The Morgan fingerprint density at radius 2 is 0.892 bits per heavy atom. The minimum absolute atomic E-state index is 0.338. The van der Waals surface area contributed by atoms with Crippen molar-refractivity contribution in [3.63, 3.8) is 0 Å². The lowest BCUT2D eigenvalue weighted by molar-refractivity contribution is 0.295. The second kappa shape index (κ2) is 8.35. The highest BCUT2D eigenvalue weighted by Crippen LogP contribution is 2.61. The standard InChI is InChI=1S/C32H21O4P/c33-37(34)35-31-27(21-11-3-1-4-12-21)19-23-15-7-9-17-25(23)29(31)30-26-18-10-8-16-24(26)20-28(32(30)36-37)22-13-5-2-6-14-22/h1-20H,(H,33,34). The summed E-state index contributed by atoms with van der Waals surface area (Å²) in [4.78, 5) is 11.0. The van der Waals surface area contributed by atoms with Gasteiger partial charge in [-0.15, -0.1) is 0 Å². The molecule has 0 spiro atoms. The molecule has 0 saturated carbocycles. The summed E-state index contributed by atoms with van der Waals surface area (Å²) in [6, 6.07) is 39.7. The summed E-state index contributed by atoms with van der Waals surface area (Å²) in [5, 5.41) is 3.83. The Morgan fingerprint density at radius 3 is 1.32 bits per heavy atom. The van der Waals surface area contributed by atoms with Gasteiger partial charge in [0, 0.05) is 22.3 Å². The summed E-state index contributed by atoms with van der Waals surface area (Å²) in [6.45, 7) is 0. The van der Waals surface area contributed by atoms with Crippen molar-refractivity contribution in [3.05, 3.63) is 121 Å². The third-order valence-corrected chi connectivity index (χ3v) is 7.66. The minimum Gasteiger partial charge on any atom is -0.394 e. The summed E-state index contributed by atoms with van der Waals surface area (Å²) < 4.78 is 25.4. The van der Waals surface area contributed by atoms with E-state index in [9.17, 15) is 9.46 Å². The molecule has 178 valence electrons. The molecule has 0 aromatic heterocycles. The highest BCUT2D eigenvalue weighted by molar-refractivity contribution is 7.48. The second-order valence-corrected chi connectivity index (χ2v) is 10.4. The van der Waals surface area contributed by atoms with Gasteiger partial charge in [0.15, 0.2) is 0 Å². The van der Waals surface area contributed by atoms with Crippen LogP contribution in [0.5, 0.6) is 11.5 Å². The number of benzene rings is 6. The van der Waals surface area contributed by atoms with Crippen LogP contribution in [-0.2, 0) is 4.57 Å². The van der Waals surface area contributed by atoms with Crippen molar-refractivity contribution < 1.29 is 18.5 Å². The van der Waals surface area contributed by atoms with E-state index >= 15 is 0 Å². The summed E-state index contributed by atoms with van der Waals surface area (Å²) in [5.41, 5.74) is 4.72. The zero-order chi connectivity index (χ0) is 25.0. The van der Waals surface area contributed by atoms with Gasteiger partial charge in [-0.3, -0.25) is 4.89 Å². The van der Waals surface area contributed by atoms with Crippen molar-refractivity contribution in [1.82, 2.24) is 0 Å². The maximum atomic E-state index is 13.5. The monoisotopic (exact) mass is 500 g/mol. The van der Waals surface area contributed by atoms with Crippen molar-refractivity contribution in [3.8, 4) is 44.9 Å². The molecule has 0 amide bonds. The zero-order valence-electron chi connectivity index (χ0n) is 19.7. The minimum atomic E-state index is -4.55. The molecule has 0 fully saturated rings. The molecule has 5 heteroatoms. The highest BCUT2D eigenvalue weighted by Gasteiger charge is 2.37. The first-order valence-corrected chi connectivity index (χ1v) is 13.5. The van der Waals surface area contributed by atoms with Crippen LogP contribution in [0.2, 0.25) is 0 Å². The van der Waals surface area contributed by atoms with Crippen LogP contribution < -0.4 is 9.05 Å². The molecule has 1 N–H and O–H groups in total. The third-order valence-electron chi connectivity index (χ3n) is 6.84. The molecule has 4 nitrogen and oxygen atoms in total. The Hall–Kier alpha value is -4.37. The first kappa shape index (κ1) is 21.9. The zero-order valence-corrected chi connectivity index (χ0v) is 20.6. The number of hydrogen-bond acceptors (Lipinski definition) is 3. The molecule has 0 atom stereocenters. The highest BCUT2D eigenvalue weighted by atomic mass is 31.2. The fourth-order valence-corrected chi connectivity index (χ4v) is 6.13. The van der Waals surface area contributed by atoms with Gasteiger partial charge < -0.3 is 9.05 Å². The van der Waals surface area contributed by atoms with E-state index in [-0.39, 0.29) is 0 Å². The van der Waals surface area contributed by atoms with Gasteiger partial charge in [0.1, 0.15) is 11.5 Å². The summed E-state index contributed by atoms with van der Waals surface area (Å²) >= 11 is 0. The van der Waals surface area contributed by atoms with Crippen LogP contribution in [0.3, 0.4) is 0 Å². The van der Waals surface area contributed by atoms with Crippen molar-refractivity contribution in [2.24, 2.45) is 0 Å². The van der Waals surface area contributed by atoms with Gasteiger partial charge in [0.25, 0.3) is 0 Å². The third kappa shape index (κ3) is 3.62. The molecule has 0 unspecified atom stereocenters. The van der Waals surface area contributed by atoms with Crippen molar-refractivity contribution in [2.45, 2.75) is 0 Å². The SMILES string of the molecule is O=P1(O)Oc2c(-c3ccccc3)cc3ccccc3c2-c2c(c(-c3ccccc3)cc3ccccc23)O1. The molecule has 37 heavy (non-hydrogen) atoms. The van der Waals surface area contributed by atoms with Gasteiger partial charge in [-0.2, -0.15) is 0 Å². The van der Waals surface area contributed by atoms with Crippen LogP contribution in [0.4, 0.5) is 0 Å². The van der Waals surface area contributed by atoms with E-state index in [2.05, 4.69) is 12.1 Å². The maximum absolute atomic E-state index is 13.5. The fraction of sp³-hybridized carbons (Fsp3) is 0. The smallest absolute Gasteiger partial charge is 0.394 e.